The predicted octanol–water partition coefficient (Wildman–Crippen LogP) is 4.80. The van der Waals surface area contributed by atoms with Gasteiger partial charge in [0.25, 0.3) is 5.88 Å². The van der Waals surface area contributed by atoms with E-state index in [0.717, 1.165) is 5.69 Å². The molecule has 1 aliphatic rings. The highest BCUT2D eigenvalue weighted by molar-refractivity contribution is 6.06. The molecule has 0 bridgehead atoms. The first-order valence-corrected chi connectivity index (χ1v) is 10.9. The number of aromatic amines is 1. The molecular formula is C25H23FN4O4. The van der Waals surface area contributed by atoms with Crippen LogP contribution in [0.15, 0.2) is 36.5 Å². The molecule has 0 aliphatic carbocycles. The lowest BCUT2D eigenvalue weighted by atomic mass is 10.0. The maximum absolute atomic E-state index is 14.5. The largest absolute Gasteiger partial charge is 0.491 e. The van der Waals surface area contributed by atoms with E-state index in [-0.39, 0.29) is 12.4 Å². The molecule has 1 aromatic carbocycles. The standard InChI is InChI=1S/C25H23FN4O4/c1-4-13-15(26)6-5-7-16(13)28-23-20-17(9-11-34-25(20)31)29-22(23)14-8-10-27-18-12-19(32-2)24(33-3)30-21(14)18/h5-8,10,12,28-29H,4,9,11H2,1-3H3. The number of fused-ring (bicyclic) bond motifs is 2. The number of pyridine rings is 2. The molecule has 0 amide bonds. The van der Waals surface area contributed by atoms with Gasteiger partial charge in [-0.3, -0.25) is 4.98 Å². The number of benzene rings is 1. The van der Waals surface area contributed by atoms with Gasteiger partial charge in [0.15, 0.2) is 5.75 Å². The molecule has 3 aromatic heterocycles. The van der Waals surface area contributed by atoms with Crippen molar-refractivity contribution in [2.45, 2.75) is 19.8 Å². The Hall–Kier alpha value is -4.14. The number of cyclic esters (lactones) is 1. The molecule has 9 heteroatoms. The fourth-order valence-corrected chi connectivity index (χ4v) is 4.31. The predicted molar refractivity (Wildman–Crippen MR) is 125 cm³/mol. The molecule has 4 aromatic rings. The summed E-state index contributed by atoms with van der Waals surface area (Å²) in [6.45, 7) is 2.16. The molecule has 0 spiro atoms. The van der Waals surface area contributed by atoms with Gasteiger partial charge in [-0.25, -0.2) is 14.2 Å². The van der Waals surface area contributed by atoms with E-state index in [9.17, 15) is 9.18 Å². The van der Waals surface area contributed by atoms with Crippen molar-refractivity contribution in [1.82, 2.24) is 15.0 Å². The van der Waals surface area contributed by atoms with Crippen molar-refractivity contribution in [1.29, 1.82) is 0 Å². The van der Waals surface area contributed by atoms with Gasteiger partial charge in [-0.15, -0.1) is 0 Å². The Morgan fingerprint density at radius 2 is 2.09 bits per heavy atom. The first-order chi connectivity index (χ1) is 16.5. The van der Waals surface area contributed by atoms with E-state index in [1.807, 2.05) is 6.92 Å². The fourth-order valence-electron chi connectivity index (χ4n) is 4.31. The van der Waals surface area contributed by atoms with Gasteiger partial charge in [0.05, 0.1) is 37.7 Å². The maximum Gasteiger partial charge on any atom is 0.342 e. The Morgan fingerprint density at radius 1 is 1.24 bits per heavy atom. The molecule has 1 aliphatic heterocycles. The van der Waals surface area contributed by atoms with Crippen molar-refractivity contribution < 1.29 is 23.4 Å². The van der Waals surface area contributed by atoms with Crippen LogP contribution in [0.5, 0.6) is 11.6 Å². The highest BCUT2D eigenvalue weighted by Gasteiger charge is 2.30. The number of aromatic nitrogens is 3. The third-order valence-corrected chi connectivity index (χ3v) is 5.93. The van der Waals surface area contributed by atoms with E-state index < -0.39 is 5.97 Å². The van der Waals surface area contributed by atoms with Crippen LogP contribution < -0.4 is 14.8 Å². The van der Waals surface area contributed by atoms with Gasteiger partial charge in [0.1, 0.15) is 16.9 Å². The van der Waals surface area contributed by atoms with Crippen LogP contribution in [0.2, 0.25) is 0 Å². The molecule has 2 N–H and O–H groups in total. The van der Waals surface area contributed by atoms with Gasteiger partial charge in [0.2, 0.25) is 0 Å². The fraction of sp³-hybridized carbons (Fsp3) is 0.240. The maximum atomic E-state index is 14.5. The van der Waals surface area contributed by atoms with E-state index in [1.54, 1.807) is 30.5 Å². The van der Waals surface area contributed by atoms with Gasteiger partial charge < -0.3 is 24.5 Å². The monoisotopic (exact) mass is 462 g/mol. The average Bonchev–Trinajstić information content (AvgIpc) is 3.22. The van der Waals surface area contributed by atoms with Crippen LogP contribution >= 0.6 is 0 Å². The van der Waals surface area contributed by atoms with Gasteiger partial charge in [0, 0.05) is 41.2 Å². The van der Waals surface area contributed by atoms with Crippen LogP contribution in [-0.2, 0) is 17.6 Å². The first-order valence-electron chi connectivity index (χ1n) is 10.9. The molecule has 0 unspecified atom stereocenters. The minimum absolute atomic E-state index is 0.283. The summed E-state index contributed by atoms with van der Waals surface area (Å²) in [5.74, 6) is 0.0211. The number of methoxy groups -OCH3 is 2. The minimum Gasteiger partial charge on any atom is -0.491 e. The summed E-state index contributed by atoms with van der Waals surface area (Å²) in [6, 6.07) is 8.40. The smallest absolute Gasteiger partial charge is 0.342 e. The lowest BCUT2D eigenvalue weighted by Gasteiger charge is -2.16. The molecule has 0 saturated heterocycles. The van der Waals surface area contributed by atoms with Crippen LogP contribution in [0, 0.1) is 5.82 Å². The summed E-state index contributed by atoms with van der Waals surface area (Å²) >= 11 is 0. The molecule has 34 heavy (non-hydrogen) atoms. The summed E-state index contributed by atoms with van der Waals surface area (Å²) in [4.78, 5) is 25.2. The summed E-state index contributed by atoms with van der Waals surface area (Å²) in [7, 11) is 3.05. The summed E-state index contributed by atoms with van der Waals surface area (Å²) in [5.41, 5.74) is 5.23. The first kappa shape index (κ1) is 21.7. The Labute approximate surface area is 195 Å². The summed E-state index contributed by atoms with van der Waals surface area (Å²) in [5, 5.41) is 3.31. The van der Waals surface area contributed by atoms with E-state index in [0.29, 0.717) is 69.3 Å². The van der Waals surface area contributed by atoms with Crippen molar-refractivity contribution in [2.24, 2.45) is 0 Å². The number of ether oxygens (including phenoxy) is 3. The van der Waals surface area contributed by atoms with Crippen LogP contribution in [0.3, 0.4) is 0 Å². The molecule has 0 fully saturated rings. The number of halogens is 1. The second kappa shape index (κ2) is 8.66. The molecule has 0 atom stereocenters. The number of esters is 1. The summed E-state index contributed by atoms with van der Waals surface area (Å²) < 4.78 is 30.6. The topological polar surface area (TPSA) is 98.4 Å². The normalized spacial score (nSPS) is 12.9. The van der Waals surface area contributed by atoms with Crippen LogP contribution in [0.4, 0.5) is 15.8 Å². The number of nitrogens with one attached hydrogen (secondary N) is 2. The number of nitrogens with zero attached hydrogens (tertiary/aromatic N) is 2. The Kier molecular flexibility index (Phi) is 5.53. The highest BCUT2D eigenvalue weighted by Crippen LogP contribution is 2.41. The zero-order chi connectivity index (χ0) is 23.8. The van der Waals surface area contributed by atoms with Crippen molar-refractivity contribution in [3.63, 3.8) is 0 Å². The number of carbonyl (C=O) groups is 1. The number of anilines is 2. The highest BCUT2D eigenvalue weighted by atomic mass is 19.1. The number of carbonyl (C=O) groups excluding carboxylic acids is 1. The minimum atomic E-state index is -0.439. The van der Waals surface area contributed by atoms with Crippen LogP contribution in [0.25, 0.3) is 22.3 Å². The summed E-state index contributed by atoms with van der Waals surface area (Å²) in [6.07, 6.45) is 2.68. The van der Waals surface area contributed by atoms with E-state index in [1.165, 1.54) is 20.3 Å². The van der Waals surface area contributed by atoms with Crippen molar-refractivity contribution in [3.8, 4) is 22.9 Å². The number of hydrogen-bond acceptors (Lipinski definition) is 7. The van der Waals surface area contributed by atoms with Crippen LogP contribution in [0.1, 0.15) is 28.5 Å². The second-order valence-electron chi connectivity index (χ2n) is 7.79. The molecule has 0 saturated carbocycles. The number of rotatable bonds is 6. The molecule has 5 rings (SSSR count). The van der Waals surface area contributed by atoms with Gasteiger partial charge in [-0.1, -0.05) is 13.0 Å². The molecule has 4 heterocycles. The van der Waals surface area contributed by atoms with E-state index >= 15 is 0 Å². The Morgan fingerprint density at radius 3 is 2.85 bits per heavy atom. The van der Waals surface area contributed by atoms with Crippen molar-refractivity contribution >= 4 is 28.4 Å². The van der Waals surface area contributed by atoms with Gasteiger partial charge >= 0.3 is 5.97 Å². The lowest BCUT2D eigenvalue weighted by molar-refractivity contribution is 0.0480. The third-order valence-electron chi connectivity index (χ3n) is 5.93. The van der Waals surface area contributed by atoms with Crippen LogP contribution in [-0.4, -0.2) is 41.7 Å². The molecule has 0 radical (unpaired) electrons. The van der Waals surface area contributed by atoms with Gasteiger partial charge in [-0.2, -0.15) is 0 Å². The quantitative estimate of drug-likeness (QED) is 0.397. The van der Waals surface area contributed by atoms with Crippen molar-refractivity contribution in [2.75, 3.05) is 26.1 Å². The van der Waals surface area contributed by atoms with Crippen molar-refractivity contribution in [3.05, 3.63) is 59.2 Å². The number of H-pyrrole nitrogens is 1. The molecule has 174 valence electrons. The lowest BCUT2D eigenvalue weighted by Crippen LogP contribution is -2.17. The number of hydrogen-bond donors (Lipinski definition) is 2. The third kappa shape index (κ3) is 3.49. The molecular weight excluding hydrogens is 439 g/mol. The second-order valence-corrected chi connectivity index (χ2v) is 7.79. The Bertz CT molecular complexity index is 1420. The molecule has 8 nitrogen and oxygen atoms in total. The van der Waals surface area contributed by atoms with E-state index in [4.69, 9.17) is 14.2 Å². The average molecular weight is 462 g/mol. The zero-order valence-corrected chi connectivity index (χ0v) is 19.0. The SMILES string of the molecule is CCc1c(F)cccc1Nc1c(-c2ccnc3cc(OC)c(OC)nc23)[nH]c2c1C(=O)OCC2. The Balaban J connectivity index is 1.76. The van der Waals surface area contributed by atoms with E-state index in [2.05, 4.69) is 20.3 Å². The van der Waals surface area contributed by atoms with Gasteiger partial charge in [-0.05, 0) is 24.6 Å². The zero-order valence-electron chi connectivity index (χ0n) is 19.0.